The lowest BCUT2D eigenvalue weighted by molar-refractivity contribution is -0.159. The topological polar surface area (TPSA) is 80.7 Å². The minimum absolute atomic E-state index is 0.0985. The molecule has 0 saturated heterocycles. The van der Waals surface area contributed by atoms with Gasteiger partial charge in [0.2, 0.25) is 0 Å². The number of aromatic carboxylic acids is 1. The maximum atomic E-state index is 12.2. The normalized spacial score (nSPS) is 11.3. The third-order valence-electron chi connectivity index (χ3n) is 5.83. The lowest BCUT2D eigenvalue weighted by Gasteiger charge is -2.07. The van der Waals surface area contributed by atoms with E-state index < -0.39 is 11.8 Å². The van der Waals surface area contributed by atoms with Gasteiger partial charge in [-0.05, 0) is 43.0 Å². The van der Waals surface area contributed by atoms with E-state index in [1.165, 1.54) is 69.9 Å². The molecule has 0 amide bonds. The summed E-state index contributed by atoms with van der Waals surface area (Å²) in [4.78, 5) is 33.4. The predicted molar refractivity (Wildman–Crippen MR) is 134 cm³/mol. The van der Waals surface area contributed by atoms with Crippen molar-refractivity contribution in [2.24, 2.45) is 5.92 Å². The van der Waals surface area contributed by atoms with Crippen LogP contribution < -0.4 is 0 Å². The van der Waals surface area contributed by atoms with Gasteiger partial charge in [0.1, 0.15) is 5.82 Å². The van der Waals surface area contributed by atoms with Crippen LogP contribution in [0, 0.1) is 11.7 Å². The number of hydrogen-bond donors (Lipinski definition) is 1. The van der Waals surface area contributed by atoms with Gasteiger partial charge < -0.3 is 9.84 Å². The number of hydrogen-bond acceptors (Lipinski definition) is 4. The van der Waals surface area contributed by atoms with E-state index in [1.54, 1.807) is 0 Å². The zero-order valence-corrected chi connectivity index (χ0v) is 21.5. The highest BCUT2D eigenvalue weighted by Crippen LogP contribution is 2.14. The molecule has 5 nitrogen and oxygen atoms in total. The minimum Gasteiger partial charge on any atom is -0.478 e. The van der Waals surface area contributed by atoms with Crippen LogP contribution in [0.15, 0.2) is 24.3 Å². The van der Waals surface area contributed by atoms with Crippen molar-refractivity contribution in [3.63, 3.8) is 0 Å². The summed E-state index contributed by atoms with van der Waals surface area (Å²) >= 11 is 0. The Balaban J connectivity index is 0.000000896. The molecule has 0 aliphatic heterocycles. The maximum Gasteiger partial charge on any atom is 0.335 e. The van der Waals surface area contributed by atoms with Crippen molar-refractivity contribution in [3.8, 4) is 0 Å². The number of ether oxygens (including phenoxy) is 1. The van der Waals surface area contributed by atoms with E-state index in [1.807, 2.05) is 0 Å². The molecule has 0 fully saturated rings. The molecule has 194 valence electrons. The van der Waals surface area contributed by atoms with E-state index in [9.17, 15) is 18.8 Å². The fourth-order valence-electron chi connectivity index (χ4n) is 3.37. The maximum absolute atomic E-state index is 12.2. The van der Waals surface area contributed by atoms with Gasteiger partial charge in [0.15, 0.2) is 0 Å². The summed E-state index contributed by atoms with van der Waals surface area (Å²) in [6.07, 6.45) is 15.8. The highest BCUT2D eigenvalue weighted by atomic mass is 19.1. The minimum atomic E-state index is -1.04. The monoisotopic (exact) mass is 480 g/mol. The van der Waals surface area contributed by atoms with E-state index in [0.717, 1.165) is 43.7 Å². The van der Waals surface area contributed by atoms with E-state index in [-0.39, 0.29) is 17.5 Å². The van der Waals surface area contributed by atoms with E-state index in [0.29, 0.717) is 12.8 Å². The van der Waals surface area contributed by atoms with Gasteiger partial charge in [0, 0.05) is 12.8 Å². The first-order valence-corrected chi connectivity index (χ1v) is 13.0. The summed E-state index contributed by atoms with van der Waals surface area (Å²) in [5.41, 5.74) is 0.0985. The van der Waals surface area contributed by atoms with Crippen LogP contribution >= 0.6 is 0 Å². The second kappa shape index (κ2) is 21.3. The molecule has 0 heterocycles. The van der Waals surface area contributed by atoms with Crippen molar-refractivity contribution >= 4 is 17.9 Å². The van der Waals surface area contributed by atoms with Crippen LogP contribution in [-0.2, 0) is 14.3 Å². The molecule has 0 aliphatic rings. The van der Waals surface area contributed by atoms with E-state index in [2.05, 4.69) is 20.8 Å². The third kappa shape index (κ3) is 19.2. The van der Waals surface area contributed by atoms with Crippen LogP contribution in [0.5, 0.6) is 0 Å². The molecule has 1 rings (SSSR count). The Labute approximate surface area is 205 Å². The number of carbonyl (C=O) groups is 3. The molecule has 0 bridgehead atoms. The first-order chi connectivity index (χ1) is 16.3. The highest BCUT2D eigenvalue weighted by Gasteiger charge is 2.10. The van der Waals surface area contributed by atoms with Gasteiger partial charge in [-0.25, -0.2) is 9.18 Å². The molecule has 34 heavy (non-hydrogen) atoms. The Morgan fingerprint density at radius 3 is 1.74 bits per heavy atom. The summed E-state index contributed by atoms with van der Waals surface area (Å²) in [5, 5.41) is 8.35. The lowest BCUT2D eigenvalue weighted by Crippen LogP contribution is -2.11. The molecule has 6 heteroatoms. The number of carboxylic acids is 1. The molecular formula is C28H45FO5. The standard InChI is InChI=1S/C21H40O3.C7H5FO2/c1-4-6-7-8-9-10-14-17-20(22)24-21(23)18-15-12-11-13-16-19(3)5-2;8-6-3-1-5(2-4-6)7(9)10/h19H,4-18H2,1-3H3;1-4H,(H,9,10). The molecule has 1 aromatic rings. The fraction of sp³-hybridized carbons (Fsp3) is 0.679. The van der Waals surface area contributed by atoms with Crippen molar-refractivity contribution < 1.29 is 28.6 Å². The van der Waals surface area contributed by atoms with Gasteiger partial charge in [0.05, 0.1) is 5.56 Å². The number of unbranched alkanes of at least 4 members (excludes halogenated alkanes) is 9. The Morgan fingerprint density at radius 1 is 0.794 bits per heavy atom. The first-order valence-electron chi connectivity index (χ1n) is 13.0. The zero-order valence-electron chi connectivity index (χ0n) is 21.5. The van der Waals surface area contributed by atoms with Gasteiger partial charge in [-0.1, -0.05) is 91.4 Å². The average Bonchev–Trinajstić information content (AvgIpc) is 2.81. The van der Waals surface area contributed by atoms with Crippen LogP contribution in [0.2, 0.25) is 0 Å². The van der Waals surface area contributed by atoms with Gasteiger partial charge in [-0.2, -0.15) is 0 Å². The summed E-state index contributed by atoms with van der Waals surface area (Å²) in [5.74, 6) is -1.35. The van der Waals surface area contributed by atoms with Crippen LogP contribution in [0.3, 0.4) is 0 Å². The molecule has 1 unspecified atom stereocenters. The van der Waals surface area contributed by atoms with Crippen molar-refractivity contribution in [2.45, 2.75) is 117 Å². The van der Waals surface area contributed by atoms with E-state index in [4.69, 9.17) is 9.84 Å². The summed E-state index contributed by atoms with van der Waals surface area (Å²) < 4.78 is 17.0. The molecule has 1 atom stereocenters. The summed E-state index contributed by atoms with van der Waals surface area (Å²) in [6, 6.07) is 4.67. The number of carbonyl (C=O) groups excluding carboxylic acids is 2. The van der Waals surface area contributed by atoms with Crippen molar-refractivity contribution in [3.05, 3.63) is 35.6 Å². The molecule has 0 aliphatic carbocycles. The van der Waals surface area contributed by atoms with E-state index >= 15 is 0 Å². The number of esters is 2. The van der Waals surface area contributed by atoms with Crippen LogP contribution in [0.25, 0.3) is 0 Å². The van der Waals surface area contributed by atoms with Gasteiger partial charge in [0.25, 0.3) is 0 Å². The summed E-state index contributed by atoms with van der Waals surface area (Å²) in [6.45, 7) is 6.72. The first kappa shape index (κ1) is 31.8. The third-order valence-corrected chi connectivity index (χ3v) is 5.83. The fourth-order valence-corrected chi connectivity index (χ4v) is 3.37. The van der Waals surface area contributed by atoms with Crippen LogP contribution in [0.1, 0.15) is 127 Å². The zero-order chi connectivity index (χ0) is 25.6. The lowest BCUT2D eigenvalue weighted by atomic mass is 10.0. The van der Waals surface area contributed by atoms with Crippen LogP contribution in [-0.4, -0.2) is 23.0 Å². The van der Waals surface area contributed by atoms with Crippen molar-refractivity contribution in [2.75, 3.05) is 0 Å². The Bertz CT molecular complexity index is 672. The molecular weight excluding hydrogens is 435 g/mol. The smallest absolute Gasteiger partial charge is 0.335 e. The number of rotatable bonds is 17. The van der Waals surface area contributed by atoms with Gasteiger partial charge in [-0.15, -0.1) is 0 Å². The number of halogens is 1. The number of carboxylic acid groups (broad SMARTS) is 1. The second-order valence-corrected chi connectivity index (χ2v) is 9.00. The number of benzene rings is 1. The largest absolute Gasteiger partial charge is 0.478 e. The quantitative estimate of drug-likeness (QED) is 0.138. The predicted octanol–water partition coefficient (Wildman–Crippen LogP) is 8.11. The molecule has 0 aromatic heterocycles. The average molecular weight is 481 g/mol. The van der Waals surface area contributed by atoms with Gasteiger partial charge >= 0.3 is 17.9 Å². The highest BCUT2D eigenvalue weighted by molar-refractivity contribution is 5.87. The second-order valence-electron chi connectivity index (χ2n) is 9.00. The molecule has 0 radical (unpaired) electrons. The summed E-state index contributed by atoms with van der Waals surface area (Å²) in [7, 11) is 0. The Morgan fingerprint density at radius 2 is 1.26 bits per heavy atom. The molecule has 0 saturated carbocycles. The van der Waals surface area contributed by atoms with Crippen molar-refractivity contribution in [1.29, 1.82) is 0 Å². The van der Waals surface area contributed by atoms with Crippen LogP contribution in [0.4, 0.5) is 4.39 Å². The Kier molecular flexibility index (Phi) is 19.9. The molecule has 1 N–H and O–H groups in total. The van der Waals surface area contributed by atoms with Crippen molar-refractivity contribution in [1.82, 2.24) is 0 Å². The molecule has 0 spiro atoms. The Hall–Kier alpha value is -2.24. The SMILES string of the molecule is CCCCCCCCCC(=O)OC(=O)CCCCCCC(C)CC.O=C(O)c1ccc(F)cc1. The molecule has 1 aromatic carbocycles. The van der Waals surface area contributed by atoms with Gasteiger partial charge in [-0.3, -0.25) is 9.59 Å².